The zero-order valence-electron chi connectivity index (χ0n) is 13.5. The van der Waals surface area contributed by atoms with Gasteiger partial charge < -0.3 is 9.84 Å². The lowest BCUT2D eigenvalue weighted by Gasteiger charge is -2.11. The van der Waals surface area contributed by atoms with Gasteiger partial charge in [0.05, 0.1) is 17.6 Å². The summed E-state index contributed by atoms with van der Waals surface area (Å²) >= 11 is 1.43. The van der Waals surface area contributed by atoms with E-state index in [1.807, 2.05) is 0 Å². The van der Waals surface area contributed by atoms with Gasteiger partial charge in [0, 0.05) is 22.7 Å². The second-order valence-corrected chi connectivity index (χ2v) is 6.70. The van der Waals surface area contributed by atoms with Crippen molar-refractivity contribution in [3.63, 3.8) is 0 Å². The topological polar surface area (TPSA) is 102 Å². The Morgan fingerprint density at radius 2 is 2.16 bits per heavy atom. The maximum Gasteiger partial charge on any atom is 0.341 e. The molecule has 8 heteroatoms. The van der Waals surface area contributed by atoms with Crippen LogP contribution >= 0.6 is 11.3 Å². The van der Waals surface area contributed by atoms with Crippen molar-refractivity contribution in [1.29, 1.82) is 0 Å². The molecule has 0 unspecified atom stereocenters. The van der Waals surface area contributed by atoms with E-state index in [2.05, 4.69) is 4.99 Å². The molecule has 0 radical (unpaired) electrons. The van der Waals surface area contributed by atoms with Crippen molar-refractivity contribution < 1.29 is 19.6 Å². The number of fused-ring (bicyclic) bond motifs is 1. The molecule has 2 aromatic rings. The van der Waals surface area contributed by atoms with Gasteiger partial charge in [0.2, 0.25) is 5.75 Å². The Labute approximate surface area is 147 Å². The number of phenolic OH excluding ortho intramolecular Hbond substituents is 1. The average Bonchev–Trinajstić information content (AvgIpc) is 2.98. The van der Waals surface area contributed by atoms with Gasteiger partial charge in [0.15, 0.2) is 0 Å². The number of carbonyl (C=O) groups is 1. The summed E-state index contributed by atoms with van der Waals surface area (Å²) in [5.74, 6) is -0.882. The quantitative estimate of drug-likeness (QED) is 0.387. The van der Waals surface area contributed by atoms with Crippen LogP contribution in [-0.2, 0) is 17.6 Å². The summed E-state index contributed by atoms with van der Waals surface area (Å²) in [4.78, 5) is 27.9. The summed E-state index contributed by atoms with van der Waals surface area (Å²) in [5, 5.41) is 21.4. The molecule has 1 aromatic carbocycles. The van der Waals surface area contributed by atoms with Crippen LogP contribution in [-0.4, -0.2) is 29.3 Å². The Kier molecular flexibility index (Phi) is 4.80. The van der Waals surface area contributed by atoms with Crippen molar-refractivity contribution in [2.45, 2.75) is 25.7 Å². The number of ether oxygens (including phenoxy) is 1. The number of nitro groups is 1. The third-order valence-electron chi connectivity index (χ3n) is 4.11. The molecule has 0 spiro atoms. The molecule has 1 aliphatic carbocycles. The summed E-state index contributed by atoms with van der Waals surface area (Å²) in [5.41, 5.74) is 1.28. The van der Waals surface area contributed by atoms with Gasteiger partial charge in [-0.05, 0) is 37.3 Å². The van der Waals surface area contributed by atoms with E-state index in [0.717, 1.165) is 36.1 Å². The molecular formula is C17H16N2O5S. The number of nitrogens with zero attached hydrogens (tertiary/aromatic N) is 2. The standard InChI is InChI=1S/C17H16N2O5S/c1-24-17(21)14-11-6-2-3-8-13(11)25-16(14)18-9-10-5-4-7-12(15(10)20)19(22)23/h4-5,7,9,20H,2-3,6,8H2,1H3. The van der Waals surface area contributed by atoms with Crippen molar-refractivity contribution in [1.82, 2.24) is 0 Å². The monoisotopic (exact) mass is 360 g/mol. The predicted molar refractivity (Wildman–Crippen MR) is 94.3 cm³/mol. The number of methoxy groups -OCH3 is 1. The highest BCUT2D eigenvalue weighted by molar-refractivity contribution is 7.16. The van der Waals surface area contributed by atoms with Crippen LogP contribution in [0.5, 0.6) is 5.75 Å². The molecule has 1 aromatic heterocycles. The first-order valence-corrected chi connectivity index (χ1v) is 8.58. The predicted octanol–water partition coefficient (Wildman–Crippen LogP) is 3.78. The Bertz CT molecular complexity index is 872. The zero-order valence-corrected chi connectivity index (χ0v) is 14.3. The van der Waals surface area contributed by atoms with Crippen LogP contribution < -0.4 is 0 Å². The third-order valence-corrected chi connectivity index (χ3v) is 5.31. The number of thiophene rings is 1. The van der Waals surface area contributed by atoms with Gasteiger partial charge in [-0.15, -0.1) is 11.3 Å². The molecule has 0 aliphatic heterocycles. The Hall–Kier alpha value is -2.74. The maximum absolute atomic E-state index is 12.2. The second-order valence-electron chi connectivity index (χ2n) is 5.61. The molecule has 25 heavy (non-hydrogen) atoms. The fourth-order valence-electron chi connectivity index (χ4n) is 2.88. The number of phenols is 1. The van der Waals surface area contributed by atoms with Gasteiger partial charge in [0.1, 0.15) is 5.00 Å². The van der Waals surface area contributed by atoms with Crippen LogP contribution in [0.2, 0.25) is 0 Å². The van der Waals surface area contributed by atoms with E-state index < -0.39 is 16.6 Å². The minimum absolute atomic E-state index is 0.219. The number of aryl methyl sites for hydroxylation is 1. The van der Waals surface area contributed by atoms with E-state index in [-0.39, 0.29) is 11.3 Å². The summed E-state index contributed by atoms with van der Waals surface area (Å²) in [6.45, 7) is 0. The SMILES string of the molecule is COC(=O)c1c(N=Cc2cccc([N+](=O)[O-])c2O)sc2c1CCCC2. The molecular weight excluding hydrogens is 344 g/mol. The van der Waals surface area contributed by atoms with Crippen LogP contribution in [0.3, 0.4) is 0 Å². The summed E-state index contributed by atoms with van der Waals surface area (Å²) in [6, 6.07) is 4.22. The molecule has 0 atom stereocenters. The summed E-state index contributed by atoms with van der Waals surface area (Å²) in [6.07, 6.45) is 5.15. The van der Waals surface area contributed by atoms with Gasteiger partial charge in [-0.2, -0.15) is 0 Å². The van der Waals surface area contributed by atoms with E-state index in [0.29, 0.717) is 10.6 Å². The number of rotatable bonds is 4. The van der Waals surface area contributed by atoms with Crippen LogP contribution in [0.4, 0.5) is 10.7 Å². The lowest BCUT2D eigenvalue weighted by molar-refractivity contribution is -0.385. The lowest BCUT2D eigenvalue weighted by Crippen LogP contribution is -2.07. The normalized spacial score (nSPS) is 13.6. The lowest BCUT2D eigenvalue weighted by atomic mass is 9.95. The zero-order chi connectivity index (χ0) is 18.0. The number of nitro benzene ring substituents is 1. The molecule has 0 amide bonds. The fourth-order valence-corrected chi connectivity index (χ4v) is 4.10. The van der Waals surface area contributed by atoms with Crippen LogP contribution in [0.25, 0.3) is 0 Å². The molecule has 7 nitrogen and oxygen atoms in total. The van der Waals surface area contributed by atoms with E-state index in [4.69, 9.17) is 4.74 Å². The van der Waals surface area contributed by atoms with Crippen molar-refractivity contribution >= 4 is 34.2 Å². The second kappa shape index (κ2) is 7.02. The number of aliphatic imine (C=N–C) groups is 1. The summed E-state index contributed by atoms with van der Waals surface area (Å²) < 4.78 is 4.88. The molecule has 1 N–H and O–H groups in total. The number of aromatic hydroxyl groups is 1. The molecule has 0 bridgehead atoms. The van der Waals surface area contributed by atoms with E-state index in [1.165, 1.54) is 42.9 Å². The van der Waals surface area contributed by atoms with Crippen molar-refractivity contribution in [3.8, 4) is 5.75 Å². The Balaban J connectivity index is 2.02. The minimum atomic E-state index is -0.656. The number of hydrogen-bond donors (Lipinski definition) is 1. The highest BCUT2D eigenvalue weighted by Crippen LogP contribution is 2.40. The molecule has 1 heterocycles. The highest BCUT2D eigenvalue weighted by Gasteiger charge is 2.25. The van der Waals surface area contributed by atoms with Crippen molar-refractivity contribution in [2.24, 2.45) is 4.99 Å². The van der Waals surface area contributed by atoms with Gasteiger partial charge in [-0.3, -0.25) is 10.1 Å². The van der Waals surface area contributed by atoms with Gasteiger partial charge >= 0.3 is 11.7 Å². The van der Waals surface area contributed by atoms with Crippen molar-refractivity contribution in [3.05, 3.63) is 49.9 Å². The number of benzene rings is 1. The fraction of sp³-hybridized carbons (Fsp3) is 0.294. The maximum atomic E-state index is 12.2. The molecule has 0 saturated carbocycles. The highest BCUT2D eigenvalue weighted by atomic mass is 32.1. The smallest absolute Gasteiger partial charge is 0.341 e. The van der Waals surface area contributed by atoms with E-state index in [9.17, 15) is 20.0 Å². The first-order chi connectivity index (χ1) is 12.0. The molecule has 0 saturated heterocycles. The Morgan fingerprint density at radius 1 is 1.40 bits per heavy atom. The molecule has 0 fully saturated rings. The van der Waals surface area contributed by atoms with Gasteiger partial charge in [0.25, 0.3) is 0 Å². The first kappa shape index (κ1) is 17.1. The minimum Gasteiger partial charge on any atom is -0.502 e. The number of carbonyl (C=O) groups excluding carboxylic acids is 1. The summed E-state index contributed by atoms with van der Waals surface area (Å²) in [7, 11) is 1.33. The molecule has 3 rings (SSSR count). The molecule has 130 valence electrons. The molecule has 1 aliphatic rings. The van der Waals surface area contributed by atoms with Crippen LogP contribution in [0, 0.1) is 10.1 Å². The number of esters is 1. The third kappa shape index (κ3) is 3.25. The largest absolute Gasteiger partial charge is 0.502 e. The number of para-hydroxylation sites is 1. The van der Waals surface area contributed by atoms with Crippen LogP contribution in [0.15, 0.2) is 23.2 Å². The van der Waals surface area contributed by atoms with Crippen molar-refractivity contribution in [2.75, 3.05) is 7.11 Å². The van der Waals surface area contributed by atoms with Crippen LogP contribution in [0.1, 0.15) is 39.2 Å². The van der Waals surface area contributed by atoms with E-state index >= 15 is 0 Å². The average molecular weight is 360 g/mol. The Morgan fingerprint density at radius 3 is 2.88 bits per heavy atom. The van der Waals surface area contributed by atoms with Gasteiger partial charge in [-0.25, -0.2) is 9.79 Å². The number of hydrogen-bond acceptors (Lipinski definition) is 7. The first-order valence-electron chi connectivity index (χ1n) is 7.76. The van der Waals surface area contributed by atoms with E-state index in [1.54, 1.807) is 0 Å². The van der Waals surface area contributed by atoms with Gasteiger partial charge in [-0.1, -0.05) is 6.07 Å².